The van der Waals surface area contributed by atoms with Crippen molar-refractivity contribution in [3.8, 4) is 0 Å². The van der Waals surface area contributed by atoms with Gasteiger partial charge in [-0.2, -0.15) is 0 Å². The third-order valence-electron chi connectivity index (χ3n) is 2.20. The molecule has 1 N–H and O–H groups in total. The summed E-state index contributed by atoms with van der Waals surface area (Å²) in [4.78, 5) is 0. The molecule has 1 rings (SSSR count). The Bertz CT molecular complexity index is 190. The van der Waals surface area contributed by atoms with Crippen molar-refractivity contribution in [2.45, 2.75) is 50.8 Å². The van der Waals surface area contributed by atoms with E-state index < -0.39 is 28.6 Å². The van der Waals surface area contributed by atoms with E-state index in [9.17, 15) is 13.3 Å². The van der Waals surface area contributed by atoms with Crippen molar-refractivity contribution in [1.82, 2.24) is 4.72 Å². The predicted molar refractivity (Wildman–Crippen MR) is 53.5 cm³/mol. The summed E-state index contributed by atoms with van der Waals surface area (Å²) in [6.45, 7) is 5.31. The summed E-state index contributed by atoms with van der Waals surface area (Å²) >= 11 is -1.40. The molecule has 0 heterocycles. The van der Waals surface area contributed by atoms with Gasteiger partial charge in [0.2, 0.25) is 0 Å². The number of rotatable bonds is 4. The number of nitrogens with one attached hydrogen (secondary N) is 1. The first-order valence-corrected chi connectivity index (χ1v) is 5.93. The minimum absolute atomic E-state index is 0.0151. The van der Waals surface area contributed by atoms with E-state index in [0.717, 1.165) is 12.8 Å². The van der Waals surface area contributed by atoms with E-state index in [0.29, 0.717) is 0 Å². The Labute approximate surface area is 86.8 Å². The maximum absolute atomic E-state index is 12.5. The third-order valence-corrected chi connectivity index (χ3v) is 3.80. The van der Waals surface area contributed by atoms with E-state index in [1.807, 2.05) is 0 Å². The zero-order chi connectivity index (χ0) is 10.9. The minimum Gasteiger partial charge on any atom is -0.598 e. The second-order valence-electron chi connectivity index (χ2n) is 4.70. The molecule has 2 atom stereocenters. The van der Waals surface area contributed by atoms with Crippen molar-refractivity contribution in [2.75, 3.05) is 0 Å². The quantitative estimate of drug-likeness (QED) is 0.743. The average Bonchev–Trinajstić information content (AvgIpc) is 2.79. The van der Waals surface area contributed by atoms with Crippen molar-refractivity contribution >= 4 is 11.4 Å². The van der Waals surface area contributed by atoms with Crippen LogP contribution in [0.5, 0.6) is 0 Å². The van der Waals surface area contributed by atoms with Gasteiger partial charge in [0.25, 0.3) is 6.43 Å². The first kappa shape index (κ1) is 12.2. The fraction of sp³-hybridized carbons (Fsp3) is 1.00. The Morgan fingerprint density at radius 2 is 1.86 bits per heavy atom. The molecule has 0 aromatic carbocycles. The van der Waals surface area contributed by atoms with Crippen LogP contribution in [0.25, 0.3) is 0 Å². The summed E-state index contributed by atoms with van der Waals surface area (Å²) in [5.41, 5.74) is 0. The van der Waals surface area contributed by atoms with Crippen molar-refractivity contribution < 1.29 is 13.3 Å². The first-order valence-electron chi connectivity index (χ1n) is 4.78. The van der Waals surface area contributed by atoms with Gasteiger partial charge in [0.15, 0.2) is 0 Å². The monoisotopic (exact) mass is 225 g/mol. The van der Waals surface area contributed by atoms with Gasteiger partial charge in [-0.1, -0.05) is 0 Å². The van der Waals surface area contributed by atoms with Crippen LogP contribution in [0.2, 0.25) is 0 Å². The molecule has 0 aromatic heterocycles. The van der Waals surface area contributed by atoms with Crippen LogP contribution in [0.1, 0.15) is 33.6 Å². The molecule has 2 nitrogen and oxygen atoms in total. The topological polar surface area (TPSA) is 35.1 Å². The highest BCUT2D eigenvalue weighted by atomic mass is 32.2. The number of hydrogen-bond acceptors (Lipinski definition) is 2. The van der Waals surface area contributed by atoms with Crippen LogP contribution in [0.3, 0.4) is 0 Å². The normalized spacial score (nSPS) is 22.5. The van der Waals surface area contributed by atoms with E-state index in [1.165, 1.54) is 0 Å². The molecule has 5 heteroatoms. The molecule has 0 bridgehead atoms. The van der Waals surface area contributed by atoms with Crippen molar-refractivity contribution in [3.05, 3.63) is 0 Å². The molecule has 0 aromatic rings. The molecule has 1 fully saturated rings. The summed E-state index contributed by atoms with van der Waals surface area (Å²) < 4.78 is 38.7. The number of hydrogen-bond donors (Lipinski definition) is 1. The van der Waals surface area contributed by atoms with Crippen LogP contribution in [-0.4, -0.2) is 21.8 Å². The lowest BCUT2D eigenvalue weighted by molar-refractivity contribution is 0.0987. The molecule has 0 spiro atoms. The highest BCUT2D eigenvalue weighted by molar-refractivity contribution is 7.90. The van der Waals surface area contributed by atoms with E-state index in [-0.39, 0.29) is 5.92 Å². The van der Waals surface area contributed by atoms with Crippen LogP contribution in [-0.2, 0) is 11.4 Å². The Morgan fingerprint density at radius 1 is 1.36 bits per heavy atom. The van der Waals surface area contributed by atoms with E-state index >= 15 is 0 Å². The van der Waals surface area contributed by atoms with Gasteiger partial charge >= 0.3 is 0 Å². The maximum atomic E-state index is 12.5. The number of halogens is 2. The molecule has 1 aliphatic carbocycles. The lowest BCUT2D eigenvalue weighted by Crippen LogP contribution is -2.48. The molecular weight excluding hydrogens is 208 g/mol. The molecule has 0 radical (unpaired) electrons. The molecule has 14 heavy (non-hydrogen) atoms. The smallest absolute Gasteiger partial charge is 0.258 e. The second-order valence-corrected chi connectivity index (χ2v) is 6.69. The molecule has 0 unspecified atom stereocenters. The van der Waals surface area contributed by atoms with Crippen LogP contribution < -0.4 is 4.72 Å². The largest absolute Gasteiger partial charge is 0.598 e. The standard InChI is InChI=1S/C9H17F2NOS/c1-9(2,3)14(13)12-7(8(10)11)6-4-5-6/h6-8,12H,4-5H2,1-3H3/t7-,14+/m0/s1. The Morgan fingerprint density at radius 3 is 2.14 bits per heavy atom. The van der Waals surface area contributed by atoms with Gasteiger partial charge in [-0.15, -0.1) is 4.72 Å². The molecule has 0 aliphatic heterocycles. The molecule has 0 amide bonds. The minimum atomic E-state index is -2.42. The van der Waals surface area contributed by atoms with Crippen LogP contribution in [0.15, 0.2) is 0 Å². The summed E-state index contributed by atoms with van der Waals surface area (Å²) in [7, 11) is 0. The van der Waals surface area contributed by atoms with Gasteiger partial charge < -0.3 is 4.55 Å². The van der Waals surface area contributed by atoms with E-state index in [4.69, 9.17) is 0 Å². The molecule has 1 saturated carbocycles. The number of alkyl halides is 2. The molecular formula is C9H17F2NOS. The predicted octanol–water partition coefficient (Wildman–Crippen LogP) is 2.08. The lowest BCUT2D eigenvalue weighted by atomic mass is 10.2. The van der Waals surface area contributed by atoms with Gasteiger partial charge in [0.05, 0.1) is 0 Å². The Kier molecular flexibility index (Phi) is 3.77. The summed E-state index contributed by atoms with van der Waals surface area (Å²) in [5, 5.41) is 0. The molecule has 0 saturated heterocycles. The van der Waals surface area contributed by atoms with Gasteiger partial charge in [-0.25, -0.2) is 8.78 Å². The lowest BCUT2D eigenvalue weighted by Gasteiger charge is -2.27. The summed E-state index contributed by atoms with van der Waals surface area (Å²) in [6, 6.07) is -0.893. The van der Waals surface area contributed by atoms with Crippen LogP contribution >= 0.6 is 0 Å². The molecule has 84 valence electrons. The Hall–Kier alpha value is 0.130. The summed E-state index contributed by atoms with van der Waals surface area (Å²) in [6.07, 6.45) is -0.777. The van der Waals surface area contributed by atoms with E-state index in [2.05, 4.69) is 4.72 Å². The van der Waals surface area contributed by atoms with Gasteiger partial charge in [-0.05, 0) is 39.5 Å². The highest BCUT2D eigenvalue weighted by Gasteiger charge is 2.42. The van der Waals surface area contributed by atoms with Crippen molar-refractivity contribution in [2.24, 2.45) is 5.92 Å². The summed E-state index contributed by atoms with van der Waals surface area (Å²) in [5.74, 6) is 0.0151. The maximum Gasteiger partial charge on any atom is 0.258 e. The third kappa shape index (κ3) is 3.37. The second kappa shape index (κ2) is 4.33. The molecule has 1 aliphatic rings. The van der Waals surface area contributed by atoms with E-state index in [1.54, 1.807) is 20.8 Å². The van der Waals surface area contributed by atoms with Gasteiger partial charge in [-0.3, -0.25) is 0 Å². The zero-order valence-electron chi connectivity index (χ0n) is 8.72. The SMILES string of the molecule is CC(C)(C)[S@@+]([O-])N[C@H](C(F)F)C1CC1. The fourth-order valence-corrected chi connectivity index (χ4v) is 2.01. The van der Waals surface area contributed by atoms with Gasteiger partial charge in [0.1, 0.15) is 10.8 Å². The average molecular weight is 225 g/mol. The van der Waals surface area contributed by atoms with Crippen molar-refractivity contribution in [3.63, 3.8) is 0 Å². The van der Waals surface area contributed by atoms with Crippen LogP contribution in [0, 0.1) is 5.92 Å². The van der Waals surface area contributed by atoms with Gasteiger partial charge in [0, 0.05) is 11.4 Å². The zero-order valence-corrected chi connectivity index (χ0v) is 9.54. The van der Waals surface area contributed by atoms with Crippen LogP contribution in [0.4, 0.5) is 8.78 Å². The van der Waals surface area contributed by atoms with Crippen molar-refractivity contribution in [1.29, 1.82) is 0 Å². The fourth-order valence-electron chi connectivity index (χ4n) is 1.11. The first-order chi connectivity index (χ1) is 6.32. The highest BCUT2D eigenvalue weighted by Crippen LogP contribution is 2.36. The Balaban J connectivity index is 2.47.